The van der Waals surface area contributed by atoms with Gasteiger partial charge in [0.1, 0.15) is 0 Å². The van der Waals surface area contributed by atoms with Crippen LogP contribution < -0.4 is 5.73 Å². The fourth-order valence-corrected chi connectivity index (χ4v) is 2.17. The summed E-state index contributed by atoms with van der Waals surface area (Å²) in [4.78, 5) is 1.20. The summed E-state index contributed by atoms with van der Waals surface area (Å²) >= 11 is 7.36. The summed E-state index contributed by atoms with van der Waals surface area (Å²) in [5, 5.41) is 0. The van der Waals surface area contributed by atoms with Gasteiger partial charge in [0.25, 0.3) is 0 Å². The molecule has 0 saturated heterocycles. The Morgan fingerprint density at radius 2 is 2.42 bits per heavy atom. The van der Waals surface area contributed by atoms with Gasteiger partial charge >= 0.3 is 0 Å². The Morgan fingerprint density at radius 1 is 1.67 bits per heavy atom. The van der Waals surface area contributed by atoms with Gasteiger partial charge in [-0.3, -0.25) is 0 Å². The summed E-state index contributed by atoms with van der Waals surface area (Å²) in [6.45, 7) is 1.26. The first-order valence-electron chi connectivity index (χ1n) is 3.72. The quantitative estimate of drug-likeness (QED) is 0.817. The molecule has 68 valence electrons. The molecule has 1 aromatic heterocycles. The number of ether oxygens (including phenoxy) is 1. The molecule has 0 amide bonds. The van der Waals surface area contributed by atoms with E-state index in [1.807, 2.05) is 12.1 Å². The highest BCUT2D eigenvalue weighted by Crippen LogP contribution is 2.27. The highest BCUT2D eigenvalue weighted by atomic mass is 35.5. The van der Waals surface area contributed by atoms with Crippen molar-refractivity contribution in [3.8, 4) is 0 Å². The summed E-state index contributed by atoms with van der Waals surface area (Å²) in [5.74, 6) is 0.285. The van der Waals surface area contributed by atoms with E-state index < -0.39 is 0 Å². The van der Waals surface area contributed by atoms with Crippen LogP contribution >= 0.6 is 22.9 Å². The third-order valence-electron chi connectivity index (χ3n) is 1.65. The molecule has 1 rings (SSSR count). The molecule has 2 nitrogen and oxygen atoms in total. The van der Waals surface area contributed by atoms with Gasteiger partial charge in [-0.15, -0.1) is 11.3 Å². The SMILES string of the molecule is COCC(CN)c1ccc(Cl)s1. The molecule has 0 aromatic carbocycles. The predicted octanol–water partition coefficient (Wildman–Crippen LogP) is 2.09. The van der Waals surface area contributed by atoms with Crippen LogP contribution in [0.5, 0.6) is 0 Å². The Balaban J connectivity index is 2.66. The van der Waals surface area contributed by atoms with E-state index in [-0.39, 0.29) is 5.92 Å². The number of halogens is 1. The lowest BCUT2D eigenvalue weighted by Crippen LogP contribution is -2.15. The smallest absolute Gasteiger partial charge is 0.0931 e. The van der Waals surface area contributed by atoms with Gasteiger partial charge in [0, 0.05) is 24.4 Å². The van der Waals surface area contributed by atoms with Crippen molar-refractivity contribution in [1.82, 2.24) is 0 Å². The minimum absolute atomic E-state index is 0.285. The molecule has 1 aromatic rings. The van der Waals surface area contributed by atoms with Crippen LogP contribution in [0.3, 0.4) is 0 Å². The number of hydrogen-bond acceptors (Lipinski definition) is 3. The van der Waals surface area contributed by atoms with Gasteiger partial charge in [-0.2, -0.15) is 0 Å². The minimum atomic E-state index is 0.285. The van der Waals surface area contributed by atoms with E-state index in [1.165, 1.54) is 4.88 Å². The molecule has 0 aliphatic carbocycles. The van der Waals surface area contributed by atoms with Gasteiger partial charge in [0.05, 0.1) is 10.9 Å². The third-order valence-corrected chi connectivity index (χ3v) is 3.04. The molecular weight excluding hydrogens is 194 g/mol. The zero-order valence-corrected chi connectivity index (χ0v) is 8.49. The molecule has 0 aliphatic heterocycles. The molecule has 0 saturated carbocycles. The van der Waals surface area contributed by atoms with Crippen LogP contribution in [0, 0.1) is 0 Å². The first-order valence-corrected chi connectivity index (χ1v) is 4.91. The number of hydrogen-bond donors (Lipinski definition) is 1. The van der Waals surface area contributed by atoms with Crippen molar-refractivity contribution in [3.05, 3.63) is 21.3 Å². The Morgan fingerprint density at radius 3 is 2.83 bits per heavy atom. The Labute approximate surface area is 81.3 Å². The molecular formula is C8H12ClNOS. The van der Waals surface area contributed by atoms with E-state index in [9.17, 15) is 0 Å². The molecule has 0 bridgehead atoms. The second-order valence-corrected chi connectivity index (χ2v) is 4.28. The first-order chi connectivity index (χ1) is 5.77. The van der Waals surface area contributed by atoms with Gasteiger partial charge in [0.15, 0.2) is 0 Å². The Bertz CT molecular complexity index is 239. The van der Waals surface area contributed by atoms with Crippen LogP contribution in [0.15, 0.2) is 12.1 Å². The number of rotatable bonds is 4. The third kappa shape index (κ3) is 2.45. The minimum Gasteiger partial charge on any atom is -0.384 e. The van der Waals surface area contributed by atoms with E-state index in [1.54, 1.807) is 18.4 Å². The molecule has 0 spiro atoms. The fourth-order valence-electron chi connectivity index (χ4n) is 1.02. The van der Waals surface area contributed by atoms with Crippen molar-refractivity contribution in [1.29, 1.82) is 0 Å². The molecule has 0 fully saturated rings. The Hall–Kier alpha value is -0.0900. The van der Waals surface area contributed by atoms with Crippen molar-refractivity contribution in [3.63, 3.8) is 0 Å². The van der Waals surface area contributed by atoms with Gasteiger partial charge < -0.3 is 10.5 Å². The van der Waals surface area contributed by atoms with E-state index in [0.717, 1.165) is 4.34 Å². The molecule has 12 heavy (non-hydrogen) atoms. The average molecular weight is 206 g/mol. The summed E-state index contributed by atoms with van der Waals surface area (Å²) < 4.78 is 5.85. The van der Waals surface area contributed by atoms with Crippen LogP contribution in [0.2, 0.25) is 4.34 Å². The van der Waals surface area contributed by atoms with Crippen LogP contribution in [0.1, 0.15) is 10.8 Å². The zero-order chi connectivity index (χ0) is 8.97. The number of thiophene rings is 1. The first kappa shape index (κ1) is 9.99. The van der Waals surface area contributed by atoms with Crippen molar-refractivity contribution in [2.24, 2.45) is 5.73 Å². The lowest BCUT2D eigenvalue weighted by Gasteiger charge is -2.10. The topological polar surface area (TPSA) is 35.2 Å². The molecule has 1 atom stereocenters. The van der Waals surface area contributed by atoms with Crippen molar-refractivity contribution >= 4 is 22.9 Å². The van der Waals surface area contributed by atoms with Gasteiger partial charge in [-0.25, -0.2) is 0 Å². The normalized spacial score (nSPS) is 13.2. The standard InChI is InChI=1S/C8H12ClNOS/c1-11-5-6(4-10)7-2-3-8(9)12-7/h2-3,6H,4-5,10H2,1H3. The van der Waals surface area contributed by atoms with Crippen molar-refractivity contribution in [2.75, 3.05) is 20.3 Å². The van der Waals surface area contributed by atoms with Crippen LogP contribution in [0.25, 0.3) is 0 Å². The Kier molecular flexibility index (Phi) is 4.01. The molecule has 0 aliphatic rings. The lowest BCUT2D eigenvalue weighted by molar-refractivity contribution is 0.182. The second kappa shape index (κ2) is 4.82. The second-order valence-electron chi connectivity index (χ2n) is 2.53. The summed E-state index contributed by atoms with van der Waals surface area (Å²) in [5.41, 5.74) is 5.58. The van der Waals surface area contributed by atoms with Gasteiger partial charge in [-0.1, -0.05) is 11.6 Å². The monoisotopic (exact) mass is 205 g/mol. The van der Waals surface area contributed by atoms with Crippen LogP contribution in [0.4, 0.5) is 0 Å². The summed E-state index contributed by atoms with van der Waals surface area (Å²) in [6, 6.07) is 3.89. The number of methoxy groups -OCH3 is 1. The highest BCUT2D eigenvalue weighted by molar-refractivity contribution is 7.16. The van der Waals surface area contributed by atoms with E-state index in [0.29, 0.717) is 13.2 Å². The van der Waals surface area contributed by atoms with Crippen molar-refractivity contribution < 1.29 is 4.74 Å². The largest absolute Gasteiger partial charge is 0.384 e. The maximum Gasteiger partial charge on any atom is 0.0931 e. The lowest BCUT2D eigenvalue weighted by atomic mass is 10.1. The van der Waals surface area contributed by atoms with Crippen molar-refractivity contribution in [2.45, 2.75) is 5.92 Å². The molecule has 1 unspecified atom stereocenters. The molecule has 1 heterocycles. The van der Waals surface area contributed by atoms with E-state index in [4.69, 9.17) is 22.1 Å². The van der Waals surface area contributed by atoms with E-state index in [2.05, 4.69) is 0 Å². The molecule has 0 radical (unpaired) electrons. The van der Waals surface area contributed by atoms with E-state index >= 15 is 0 Å². The molecule has 2 N–H and O–H groups in total. The number of nitrogens with two attached hydrogens (primary N) is 1. The maximum absolute atomic E-state index is 5.80. The average Bonchev–Trinajstić information content (AvgIpc) is 2.47. The maximum atomic E-state index is 5.80. The fraction of sp³-hybridized carbons (Fsp3) is 0.500. The van der Waals surface area contributed by atoms with Crippen LogP contribution in [-0.4, -0.2) is 20.3 Å². The highest BCUT2D eigenvalue weighted by Gasteiger charge is 2.11. The van der Waals surface area contributed by atoms with Gasteiger partial charge in [0.2, 0.25) is 0 Å². The zero-order valence-electron chi connectivity index (χ0n) is 6.92. The molecule has 4 heteroatoms. The van der Waals surface area contributed by atoms with Gasteiger partial charge in [-0.05, 0) is 12.1 Å². The predicted molar refractivity (Wildman–Crippen MR) is 53.0 cm³/mol. The van der Waals surface area contributed by atoms with Crippen LogP contribution in [-0.2, 0) is 4.74 Å². The summed E-state index contributed by atoms with van der Waals surface area (Å²) in [7, 11) is 1.68. The summed E-state index contributed by atoms with van der Waals surface area (Å²) in [6.07, 6.45) is 0.